The minimum atomic E-state index is -0.411. The van der Waals surface area contributed by atoms with Crippen LogP contribution in [0.4, 0.5) is 0 Å². The van der Waals surface area contributed by atoms with Crippen molar-refractivity contribution < 1.29 is 9.53 Å². The third kappa shape index (κ3) is 2.88. The fourth-order valence-electron chi connectivity index (χ4n) is 2.93. The van der Waals surface area contributed by atoms with Crippen LogP contribution in [0.2, 0.25) is 0 Å². The first-order chi connectivity index (χ1) is 11.7. The number of carbonyl (C=O) groups excluding carboxylic acids is 1. The third-order valence-electron chi connectivity index (χ3n) is 4.18. The number of nitrogens with two attached hydrogens (primary N) is 1. The highest BCUT2D eigenvalue weighted by molar-refractivity contribution is 7.16. The normalized spacial score (nSPS) is 15.7. The number of hydrogen-bond acceptors (Lipinski definition) is 5. The number of nitrogens with one attached hydrogen (secondary N) is 1. The zero-order valence-corrected chi connectivity index (χ0v) is 13.9. The number of imidazole rings is 1. The van der Waals surface area contributed by atoms with Gasteiger partial charge >= 0.3 is 0 Å². The van der Waals surface area contributed by atoms with Gasteiger partial charge in [-0.2, -0.15) is 0 Å². The van der Waals surface area contributed by atoms with E-state index in [4.69, 9.17) is 10.5 Å². The first-order valence-electron chi connectivity index (χ1n) is 7.95. The Labute approximate surface area is 143 Å². The van der Waals surface area contributed by atoms with Gasteiger partial charge in [-0.3, -0.25) is 9.36 Å². The lowest BCUT2D eigenvalue weighted by Gasteiger charge is -2.23. The van der Waals surface area contributed by atoms with Crippen molar-refractivity contribution in [2.24, 2.45) is 5.73 Å². The maximum atomic E-state index is 11.3. The minimum Gasteiger partial charge on any atom is -0.490 e. The Morgan fingerprint density at radius 1 is 1.29 bits per heavy atom. The van der Waals surface area contributed by atoms with E-state index in [1.165, 1.54) is 11.3 Å². The molecule has 24 heavy (non-hydrogen) atoms. The van der Waals surface area contributed by atoms with Crippen LogP contribution in [0.25, 0.3) is 16.0 Å². The summed E-state index contributed by atoms with van der Waals surface area (Å²) in [4.78, 5) is 16.3. The Balaban J connectivity index is 1.66. The van der Waals surface area contributed by atoms with E-state index in [9.17, 15) is 4.79 Å². The molecule has 7 heteroatoms. The zero-order valence-electron chi connectivity index (χ0n) is 13.1. The zero-order chi connectivity index (χ0) is 16.5. The van der Waals surface area contributed by atoms with Crippen LogP contribution in [-0.4, -0.2) is 34.7 Å². The van der Waals surface area contributed by atoms with Crippen LogP contribution >= 0.6 is 11.3 Å². The van der Waals surface area contributed by atoms with E-state index in [1.807, 2.05) is 28.8 Å². The Bertz CT molecular complexity index is 880. The van der Waals surface area contributed by atoms with Gasteiger partial charge in [0.1, 0.15) is 23.2 Å². The maximum Gasteiger partial charge on any atom is 0.258 e. The molecule has 124 valence electrons. The molecule has 4 rings (SSSR count). The van der Waals surface area contributed by atoms with E-state index in [0.29, 0.717) is 4.88 Å². The van der Waals surface area contributed by atoms with Gasteiger partial charge in [0.25, 0.3) is 5.91 Å². The molecule has 3 N–H and O–H groups in total. The van der Waals surface area contributed by atoms with Crippen LogP contribution in [0.15, 0.2) is 36.7 Å². The molecule has 1 aliphatic rings. The molecule has 1 fully saturated rings. The van der Waals surface area contributed by atoms with Crippen molar-refractivity contribution in [2.45, 2.75) is 18.9 Å². The largest absolute Gasteiger partial charge is 0.490 e. The second-order valence-corrected chi connectivity index (χ2v) is 6.90. The molecule has 0 radical (unpaired) electrons. The Morgan fingerprint density at radius 3 is 2.88 bits per heavy atom. The summed E-state index contributed by atoms with van der Waals surface area (Å²) < 4.78 is 8.08. The number of benzene rings is 1. The lowest BCUT2D eigenvalue weighted by atomic mass is 10.1. The van der Waals surface area contributed by atoms with E-state index in [1.54, 1.807) is 12.4 Å². The van der Waals surface area contributed by atoms with E-state index < -0.39 is 5.91 Å². The molecular weight excluding hydrogens is 324 g/mol. The molecule has 1 aromatic carbocycles. The number of nitrogens with zero attached hydrogens (tertiary/aromatic N) is 2. The highest BCUT2D eigenvalue weighted by Gasteiger charge is 2.16. The number of aromatic nitrogens is 2. The van der Waals surface area contributed by atoms with Gasteiger partial charge in [0.2, 0.25) is 0 Å². The summed E-state index contributed by atoms with van der Waals surface area (Å²) in [5.41, 5.74) is 7.19. The van der Waals surface area contributed by atoms with Gasteiger partial charge in [-0.05, 0) is 50.2 Å². The molecule has 2 aromatic heterocycles. The molecule has 0 bridgehead atoms. The van der Waals surface area contributed by atoms with Crippen LogP contribution in [0, 0.1) is 0 Å². The number of primary amides is 1. The van der Waals surface area contributed by atoms with Crippen LogP contribution < -0.4 is 15.8 Å². The molecule has 0 saturated carbocycles. The molecule has 1 aliphatic heterocycles. The number of carbonyl (C=O) groups is 1. The molecule has 3 heterocycles. The molecule has 0 aliphatic carbocycles. The van der Waals surface area contributed by atoms with E-state index in [0.717, 1.165) is 47.7 Å². The van der Waals surface area contributed by atoms with Crippen LogP contribution in [0.1, 0.15) is 22.5 Å². The summed E-state index contributed by atoms with van der Waals surface area (Å²) in [5.74, 6) is 0.438. The number of ether oxygens (including phenoxy) is 1. The third-order valence-corrected chi connectivity index (χ3v) is 5.28. The number of amides is 1. The number of hydrogen-bond donors (Lipinski definition) is 2. The summed E-state index contributed by atoms with van der Waals surface area (Å²) in [5, 5.41) is 4.25. The van der Waals surface area contributed by atoms with E-state index in [2.05, 4.69) is 10.3 Å². The van der Waals surface area contributed by atoms with Gasteiger partial charge in [-0.25, -0.2) is 4.98 Å². The topological polar surface area (TPSA) is 82.2 Å². The molecule has 1 saturated heterocycles. The van der Waals surface area contributed by atoms with Gasteiger partial charge < -0.3 is 15.8 Å². The summed E-state index contributed by atoms with van der Waals surface area (Å²) in [6, 6.07) is 9.56. The summed E-state index contributed by atoms with van der Waals surface area (Å²) >= 11 is 1.35. The lowest BCUT2D eigenvalue weighted by molar-refractivity contribution is 0.100. The molecule has 0 spiro atoms. The number of rotatable bonds is 4. The van der Waals surface area contributed by atoms with Gasteiger partial charge in [0.05, 0.1) is 15.9 Å². The van der Waals surface area contributed by atoms with Gasteiger partial charge in [0, 0.05) is 6.07 Å². The SMILES string of the molecule is NC(=O)c1ccc(-n2cnc3ccc(OC4CCNCC4)cc32)s1. The van der Waals surface area contributed by atoms with E-state index in [-0.39, 0.29) is 6.10 Å². The first-order valence-corrected chi connectivity index (χ1v) is 8.77. The Kier molecular flexibility index (Phi) is 3.95. The fraction of sp³-hybridized carbons (Fsp3) is 0.294. The van der Waals surface area contributed by atoms with Crippen LogP contribution in [0.3, 0.4) is 0 Å². The van der Waals surface area contributed by atoms with Gasteiger partial charge in [0.15, 0.2) is 0 Å². The van der Waals surface area contributed by atoms with Crippen molar-refractivity contribution in [2.75, 3.05) is 13.1 Å². The van der Waals surface area contributed by atoms with Crippen molar-refractivity contribution in [1.82, 2.24) is 14.9 Å². The van der Waals surface area contributed by atoms with E-state index >= 15 is 0 Å². The number of fused-ring (bicyclic) bond motifs is 1. The monoisotopic (exact) mass is 342 g/mol. The number of thiophene rings is 1. The molecule has 0 atom stereocenters. The smallest absolute Gasteiger partial charge is 0.258 e. The van der Waals surface area contributed by atoms with Crippen LogP contribution in [0.5, 0.6) is 5.75 Å². The van der Waals surface area contributed by atoms with Crippen molar-refractivity contribution in [3.63, 3.8) is 0 Å². The highest BCUT2D eigenvalue weighted by atomic mass is 32.1. The Hall–Kier alpha value is -2.38. The quantitative estimate of drug-likeness (QED) is 0.762. The molecular formula is C17H18N4O2S. The van der Waals surface area contributed by atoms with Crippen LogP contribution in [-0.2, 0) is 0 Å². The standard InChI is InChI=1S/C17H18N4O2S/c18-17(22)15-3-4-16(24-15)21-10-20-13-2-1-12(9-14(13)21)23-11-5-7-19-8-6-11/h1-4,9-11,19H,5-8H2,(H2,18,22). The summed E-state index contributed by atoms with van der Waals surface area (Å²) in [6.07, 6.45) is 4.05. The fourth-order valence-corrected chi connectivity index (χ4v) is 3.77. The number of piperidine rings is 1. The lowest BCUT2D eigenvalue weighted by Crippen LogP contribution is -2.34. The second-order valence-electron chi connectivity index (χ2n) is 5.83. The minimum absolute atomic E-state index is 0.253. The van der Waals surface area contributed by atoms with Gasteiger partial charge in [-0.15, -0.1) is 11.3 Å². The highest BCUT2D eigenvalue weighted by Crippen LogP contribution is 2.28. The second kappa shape index (κ2) is 6.26. The molecule has 1 amide bonds. The average molecular weight is 342 g/mol. The maximum absolute atomic E-state index is 11.3. The van der Waals surface area contributed by atoms with Crippen molar-refractivity contribution in [3.8, 4) is 10.8 Å². The molecule has 6 nitrogen and oxygen atoms in total. The predicted octanol–water partition coefficient (Wildman–Crippen LogP) is 2.32. The summed E-state index contributed by atoms with van der Waals surface area (Å²) in [7, 11) is 0. The average Bonchev–Trinajstić information content (AvgIpc) is 3.22. The molecule has 3 aromatic rings. The van der Waals surface area contributed by atoms with Crippen molar-refractivity contribution in [1.29, 1.82) is 0 Å². The van der Waals surface area contributed by atoms with Crippen molar-refractivity contribution >= 4 is 28.3 Å². The molecule has 0 unspecified atom stereocenters. The van der Waals surface area contributed by atoms with Crippen molar-refractivity contribution in [3.05, 3.63) is 41.5 Å². The Morgan fingerprint density at radius 2 is 2.12 bits per heavy atom. The van der Waals surface area contributed by atoms with Gasteiger partial charge in [-0.1, -0.05) is 0 Å². The first kappa shape index (κ1) is 15.2. The summed E-state index contributed by atoms with van der Waals surface area (Å²) in [6.45, 7) is 1.99. The predicted molar refractivity (Wildman–Crippen MR) is 94.0 cm³/mol.